The number of aromatic nitrogens is 2. The molecule has 0 spiro atoms. The fourth-order valence-electron chi connectivity index (χ4n) is 2.69. The monoisotopic (exact) mass is 348 g/mol. The summed E-state index contributed by atoms with van der Waals surface area (Å²) in [6, 6.07) is 21.1. The van der Waals surface area contributed by atoms with Crippen molar-refractivity contribution in [2.24, 2.45) is 0 Å². The van der Waals surface area contributed by atoms with Gasteiger partial charge in [0.15, 0.2) is 0 Å². The zero-order valence-electron chi connectivity index (χ0n) is 11.8. The molecule has 0 radical (unpaired) electrons. The third-order valence-electron chi connectivity index (χ3n) is 3.79. The van der Waals surface area contributed by atoms with E-state index in [1.54, 1.807) is 6.20 Å². The second kappa shape index (κ2) is 5.43. The van der Waals surface area contributed by atoms with Crippen LogP contribution in [0.5, 0.6) is 0 Å². The van der Waals surface area contributed by atoms with Gasteiger partial charge in [-0.3, -0.25) is 4.98 Å². The van der Waals surface area contributed by atoms with E-state index in [2.05, 4.69) is 86.3 Å². The van der Waals surface area contributed by atoms with E-state index < -0.39 is 0 Å². The highest BCUT2D eigenvalue weighted by molar-refractivity contribution is 9.10. The van der Waals surface area contributed by atoms with Crippen molar-refractivity contribution in [3.05, 3.63) is 83.7 Å². The third-order valence-corrected chi connectivity index (χ3v) is 4.32. The first-order valence-corrected chi connectivity index (χ1v) is 7.88. The number of benzene rings is 2. The summed E-state index contributed by atoms with van der Waals surface area (Å²) in [6.45, 7) is 0. The van der Waals surface area contributed by atoms with E-state index in [1.807, 2.05) is 12.3 Å². The number of hydrogen-bond acceptors (Lipinski definition) is 1. The Morgan fingerprint density at radius 1 is 0.864 bits per heavy atom. The molecule has 0 saturated carbocycles. The van der Waals surface area contributed by atoms with Crippen LogP contribution >= 0.6 is 15.9 Å². The molecule has 3 heteroatoms. The maximum atomic E-state index is 4.20. The summed E-state index contributed by atoms with van der Waals surface area (Å²) < 4.78 is 3.26. The molecule has 106 valence electrons. The summed E-state index contributed by atoms with van der Waals surface area (Å²) >= 11 is 3.48. The lowest BCUT2D eigenvalue weighted by atomic mass is 10.0. The second-order valence-corrected chi connectivity index (χ2v) is 6.09. The molecule has 2 aromatic carbocycles. The van der Waals surface area contributed by atoms with Crippen LogP contribution in [0.3, 0.4) is 0 Å². The van der Waals surface area contributed by atoms with E-state index in [-0.39, 0.29) is 0 Å². The standard InChI is InChI=1S/C19H13BrN2/c20-17-6-3-14(4-7-17)15-5-8-19-16(12-15)9-11-22(19)18-2-1-10-21-13-18/h1-13H. The van der Waals surface area contributed by atoms with Gasteiger partial charge in [0.1, 0.15) is 0 Å². The molecular weight excluding hydrogens is 336 g/mol. The van der Waals surface area contributed by atoms with Gasteiger partial charge in [-0.2, -0.15) is 0 Å². The lowest BCUT2D eigenvalue weighted by Gasteiger charge is -2.06. The van der Waals surface area contributed by atoms with Crippen LogP contribution in [0.15, 0.2) is 83.7 Å². The van der Waals surface area contributed by atoms with Crippen molar-refractivity contribution in [2.75, 3.05) is 0 Å². The van der Waals surface area contributed by atoms with Gasteiger partial charge in [0.2, 0.25) is 0 Å². The average Bonchev–Trinajstić information content (AvgIpc) is 2.99. The van der Waals surface area contributed by atoms with Crippen molar-refractivity contribution in [3.8, 4) is 16.8 Å². The molecule has 2 heterocycles. The molecule has 2 nitrogen and oxygen atoms in total. The van der Waals surface area contributed by atoms with Gasteiger partial charge in [0, 0.05) is 22.3 Å². The highest BCUT2D eigenvalue weighted by Crippen LogP contribution is 2.27. The molecule has 0 amide bonds. The Hall–Kier alpha value is -2.39. The van der Waals surface area contributed by atoms with Gasteiger partial charge in [-0.15, -0.1) is 0 Å². The Kier molecular flexibility index (Phi) is 3.28. The zero-order valence-corrected chi connectivity index (χ0v) is 13.4. The minimum Gasteiger partial charge on any atom is -0.315 e. The summed E-state index contributed by atoms with van der Waals surface area (Å²) in [7, 11) is 0. The van der Waals surface area contributed by atoms with Crippen molar-refractivity contribution >= 4 is 26.8 Å². The molecule has 0 fully saturated rings. The third kappa shape index (κ3) is 2.34. The van der Waals surface area contributed by atoms with E-state index in [4.69, 9.17) is 0 Å². The van der Waals surface area contributed by atoms with Crippen LogP contribution in [0, 0.1) is 0 Å². The quantitative estimate of drug-likeness (QED) is 0.470. The molecule has 2 aromatic heterocycles. The van der Waals surface area contributed by atoms with Gasteiger partial charge in [0.25, 0.3) is 0 Å². The fraction of sp³-hybridized carbons (Fsp3) is 0. The first kappa shape index (κ1) is 13.3. The normalized spacial score (nSPS) is 11.0. The lowest BCUT2D eigenvalue weighted by molar-refractivity contribution is 1.10. The summed E-state index contributed by atoms with van der Waals surface area (Å²) in [5.74, 6) is 0. The van der Waals surface area contributed by atoms with Gasteiger partial charge in [0.05, 0.1) is 17.4 Å². The molecular formula is C19H13BrN2. The predicted octanol–water partition coefficient (Wildman–Crippen LogP) is 5.46. The number of hydrogen-bond donors (Lipinski definition) is 0. The number of halogens is 1. The van der Waals surface area contributed by atoms with Crippen LogP contribution in [0.25, 0.3) is 27.7 Å². The molecule has 0 atom stereocenters. The van der Waals surface area contributed by atoms with Gasteiger partial charge >= 0.3 is 0 Å². The largest absolute Gasteiger partial charge is 0.315 e. The van der Waals surface area contributed by atoms with Gasteiger partial charge in [-0.1, -0.05) is 34.1 Å². The summed E-state index contributed by atoms with van der Waals surface area (Å²) in [5, 5.41) is 1.23. The molecule has 0 aliphatic heterocycles. The molecule has 0 N–H and O–H groups in total. The van der Waals surface area contributed by atoms with E-state index in [1.165, 1.54) is 22.0 Å². The van der Waals surface area contributed by atoms with Crippen LogP contribution in [0.4, 0.5) is 0 Å². The topological polar surface area (TPSA) is 17.8 Å². The van der Waals surface area contributed by atoms with Crippen LogP contribution in [0.1, 0.15) is 0 Å². The SMILES string of the molecule is Brc1ccc(-c2ccc3c(ccn3-c3cccnc3)c2)cc1. The minimum absolute atomic E-state index is 1.08. The van der Waals surface area contributed by atoms with Gasteiger partial charge in [-0.05, 0) is 53.6 Å². The van der Waals surface area contributed by atoms with Crippen LogP contribution in [-0.4, -0.2) is 9.55 Å². The Bertz CT molecular complexity index is 925. The number of rotatable bonds is 2. The highest BCUT2D eigenvalue weighted by atomic mass is 79.9. The second-order valence-electron chi connectivity index (χ2n) is 5.18. The molecule has 22 heavy (non-hydrogen) atoms. The molecule has 0 aliphatic rings. The van der Waals surface area contributed by atoms with E-state index in [0.29, 0.717) is 0 Å². The van der Waals surface area contributed by atoms with Crippen molar-refractivity contribution in [2.45, 2.75) is 0 Å². The predicted molar refractivity (Wildman–Crippen MR) is 94.2 cm³/mol. The lowest BCUT2D eigenvalue weighted by Crippen LogP contribution is -1.91. The first-order chi connectivity index (χ1) is 10.8. The molecule has 0 aliphatic carbocycles. The van der Waals surface area contributed by atoms with Crippen molar-refractivity contribution in [1.82, 2.24) is 9.55 Å². The molecule has 0 unspecified atom stereocenters. The van der Waals surface area contributed by atoms with Gasteiger partial charge in [-0.25, -0.2) is 0 Å². The summed E-state index contributed by atoms with van der Waals surface area (Å²) in [5.41, 5.74) is 4.71. The van der Waals surface area contributed by atoms with Crippen LogP contribution < -0.4 is 0 Å². The van der Waals surface area contributed by atoms with E-state index in [0.717, 1.165) is 10.2 Å². The number of pyridine rings is 1. The highest BCUT2D eigenvalue weighted by Gasteiger charge is 2.05. The van der Waals surface area contributed by atoms with Crippen LogP contribution in [-0.2, 0) is 0 Å². The molecule has 4 aromatic rings. The smallest absolute Gasteiger partial charge is 0.0639 e. The van der Waals surface area contributed by atoms with Crippen molar-refractivity contribution < 1.29 is 0 Å². The maximum absolute atomic E-state index is 4.20. The van der Waals surface area contributed by atoms with Crippen molar-refractivity contribution in [1.29, 1.82) is 0 Å². The summed E-state index contributed by atoms with van der Waals surface area (Å²) in [4.78, 5) is 4.20. The van der Waals surface area contributed by atoms with E-state index in [9.17, 15) is 0 Å². The van der Waals surface area contributed by atoms with Crippen LogP contribution in [0.2, 0.25) is 0 Å². The Labute approximate surface area is 137 Å². The molecule has 4 rings (SSSR count). The average molecular weight is 349 g/mol. The van der Waals surface area contributed by atoms with Crippen molar-refractivity contribution in [3.63, 3.8) is 0 Å². The Morgan fingerprint density at radius 2 is 1.68 bits per heavy atom. The first-order valence-electron chi connectivity index (χ1n) is 7.09. The van der Waals surface area contributed by atoms with E-state index >= 15 is 0 Å². The minimum atomic E-state index is 1.08. The maximum Gasteiger partial charge on any atom is 0.0639 e. The van der Waals surface area contributed by atoms with Gasteiger partial charge < -0.3 is 4.57 Å². The zero-order chi connectivity index (χ0) is 14.9. The Morgan fingerprint density at radius 3 is 2.45 bits per heavy atom. The number of nitrogens with zero attached hydrogens (tertiary/aromatic N) is 2. The number of fused-ring (bicyclic) bond motifs is 1. The fourth-order valence-corrected chi connectivity index (χ4v) is 2.95. The molecule has 0 bridgehead atoms. The molecule has 0 saturated heterocycles. The summed E-state index contributed by atoms with van der Waals surface area (Å²) in [6.07, 6.45) is 5.76. The Balaban J connectivity index is 1.82.